The maximum atomic E-state index is 11.3. The van der Waals surface area contributed by atoms with E-state index < -0.39 is 27.1 Å². The third-order valence-corrected chi connectivity index (χ3v) is 3.21. The van der Waals surface area contributed by atoms with Crippen LogP contribution >= 0.6 is 0 Å². The van der Waals surface area contributed by atoms with Crippen molar-refractivity contribution < 1.29 is 18.4 Å². The second kappa shape index (κ2) is 4.32. The van der Waals surface area contributed by atoms with Crippen LogP contribution in [-0.4, -0.2) is 35.8 Å². The number of aromatic nitrogens is 1. The first-order valence-corrected chi connectivity index (χ1v) is 5.56. The Labute approximate surface area is 85.5 Å². The van der Waals surface area contributed by atoms with E-state index in [1.54, 1.807) is 0 Å². The molecule has 0 fully saturated rings. The quantitative estimate of drug-likeness (QED) is 0.566. The lowest BCUT2D eigenvalue weighted by Crippen LogP contribution is -2.11. The number of nitro groups is 1. The lowest BCUT2D eigenvalue weighted by Gasteiger charge is -1.99. The summed E-state index contributed by atoms with van der Waals surface area (Å²) in [6, 6.07) is 2.10. The summed E-state index contributed by atoms with van der Waals surface area (Å²) in [7, 11) is -3.64. The van der Waals surface area contributed by atoms with Crippen LogP contribution in [0.5, 0.6) is 0 Å². The van der Waals surface area contributed by atoms with E-state index in [0.717, 1.165) is 18.3 Å². The topological polar surface area (TPSA) is 110 Å². The molecule has 0 spiro atoms. The molecule has 0 radical (unpaired) electrons. The molecule has 0 aliphatic carbocycles. The first-order chi connectivity index (χ1) is 6.97. The van der Waals surface area contributed by atoms with E-state index in [1.807, 2.05) is 0 Å². The smallest absolute Gasteiger partial charge is 0.287 e. The lowest BCUT2D eigenvalue weighted by atomic mass is 10.4. The summed E-state index contributed by atoms with van der Waals surface area (Å²) in [6.07, 6.45) is 0.865. The molecule has 1 rings (SSSR count). The van der Waals surface area contributed by atoms with E-state index in [-0.39, 0.29) is 10.7 Å². The molecule has 1 aromatic rings. The Morgan fingerprint density at radius 1 is 1.47 bits per heavy atom. The summed E-state index contributed by atoms with van der Waals surface area (Å²) in [6.45, 7) is -0.513. The van der Waals surface area contributed by atoms with Crippen molar-refractivity contribution in [3.05, 3.63) is 28.4 Å². The molecule has 1 N–H and O–H groups in total. The average molecular weight is 232 g/mol. The van der Waals surface area contributed by atoms with E-state index in [2.05, 4.69) is 4.98 Å². The van der Waals surface area contributed by atoms with Crippen molar-refractivity contribution in [2.75, 3.05) is 12.4 Å². The molecule has 0 atom stereocenters. The van der Waals surface area contributed by atoms with Crippen LogP contribution in [0.25, 0.3) is 0 Å². The molecule has 8 heteroatoms. The highest BCUT2D eigenvalue weighted by atomic mass is 32.2. The SMILES string of the molecule is O=[N+]([O-])c1ccc(S(=O)(=O)CCO)nc1. The van der Waals surface area contributed by atoms with Crippen molar-refractivity contribution in [3.63, 3.8) is 0 Å². The summed E-state index contributed by atoms with van der Waals surface area (Å²) in [5, 5.41) is 18.5. The van der Waals surface area contributed by atoms with Crippen molar-refractivity contribution in [2.45, 2.75) is 5.03 Å². The average Bonchev–Trinajstić information content (AvgIpc) is 2.18. The Bertz CT molecular complexity index is 453. The molecule has 0 aliphatic heterocycles. The standard InChI is InChI=1S/C7H8N2O5S/c10-3-4-15(13,14)7-2-1-6(5-8-7)9(11)12/h1-2,5,10H,3-4H2. The van der Waals surface area contributed by atoms with Gasteiger partial charge < -0.3 is 5.11 Å². The fourth-order valence-corrected chi connectivity index (χ4v) is 1.83. The molecule has 15 heavy (non-hydrogen) atoms. The van der Waals surface area contributed by atoms with Crippen LogP contribution in [0.15, 0.2) is 23.4 Å². The maximum absolute atomic E-state index is 11.3. The Morgan fingerprint density at radius 2 is 2.13 bits per heavy atom. The fourth-order valence-electron chi connectivity index (χ4n) is 0.889. The zero-order valence-electron chi connectivity index (χ0n) is 7.53. The summed E-state index contributed by atoms with van der Waals surface area (Å²) >= 11 is 0. The van der Waals surface area contributed by atoms with E-state index in [9.17, 15) is 18.5 Å². The van der Waals surface area contributed by atoms with E-state index in [1.165, 1.54) is 0 Å². The van der Waals surface area contributed by atoms with Crippen molar-refractivity contribution in [1.82, 2.24) is 4.98 Å². The van der Waals surface area contributed by atoms with Crippen molar-refractivity contribution >= 4 is 15.5 Å². The zero-order valence-corrected chi connectivity index (χ0v) is 8.35. The number of aliphatic hydroxyl groups is 1. The van der Waals surface area contributed by atoms with Gasteiger partial charge >= 0.3 is 0 Å². The lowest BCUT2D eigenvalue weighted by molar-refractivity contribution is -0.385. The van der Waals surface area contributed by atoms with Crippen LogP contribution in [-0.2, 0) is 9.84 Å². The maximum Gasteiger partial charge on any atom is 0.287 e. The second-order valence-corrected chi connectivity index (χ2v) is 4.71. The summed E-state index contributed by atoms with van der Waals surface area (Å²) in [5.41, 5.74) is -0.280. The predicted molar refractivity (Wildman–Crippen MR) is 50.0 cm³/mol. The number of aliphatic hydroxyl groups excluding tert-OH is 1. The number of hydrogen-bond donors (Lipinski definition) is 1. The van der Waals surface area contributed by atoms with Crippen LogP contribution in [0.3, 0.4) is 0 Å². The molecule has 1 aromatic heterocycles. The number of sulfone groups is 1. The third-order valence-electron chi connectivity index (χ3n) is 1.61. The van der Waals surface area contributed by atoms with Gasteiger partial charge in [-0.1, -0.05) is 0 Å². The van der Waals surface area contributed by atoms with E-state index >= 15 is 0 Å². The number of hydrogen-bond acceptors (Lipinski definition) is 6. The van der Waals surface area contributed by atoms with E-state index in [4.69, 9.17) is 5.11 Å². The van der Waals surface area contributed by atoms with Crippen LogP contribution in [0.4, 0.5) is 5.69 Å². The largest absolute Gasteiger partial charge is 0.395 e. The molecule has 0 saturated heterocycles. The van der Waals surface area contributed by atoms with Crippen molar-refractivity contribution in [2.24, 2.45) is 0 Å². The molecular weight excluding hydrogens is 224 g/mol. The molecule has 82 valence electrons. The molecule has 0 aromatic carbocycles. The Hall–Kier alpha value is -1.54. The Morgan fingerprint density at radius 3 is 2.53 bits per heavy atom. The summed E-state index contributed by atoms with van der Waals surface area (Å²) in [5.74, 6) is -0.447. The number of rotatable bonds is 4. The number of pyridine rings is 1. The molecular formula is C7H8N2O5S. The predicted octanol–water partition coefficient (Wildman–Crippen LogP) is -0.244. The monoisotopic (exact) mass is 232 g/mol. The summed E-state index contributed by atoms with van der Waals surface area (Å²) < 4.78 is 22.6. The van der Waals surface area contributed by atoms with Crippen LogP contribution < -0.4 is 0 Å². The Balaban J connectivity index is 3.04. The van der Waals surface area contributed by atoms with Crippen LogP contribution in [0, 0.1) is 10.1 Å². The van der Waals surface area contributed by atoms with Gasteiger partial charge in [0.15, 0.2) is 14.9 Å². The van der Waals surface area contributed by atoms with Gasteiger partial charge in [0.2, 0.25) is 0 Å². The molecule has 0 aliphatic rings. The highest BCUT2D eigenvalue weighted by molar-refractivity contribution is 7.91. The van der Waals surface area contributed by atoms with Gasteiger partial charge in [-0.25, -0.2) is 13.4 Å². The van der Waals surface area contributed by atoms with Crippen LogP contribution in [0.1, 0.15) is 0 Å². The normalized spacial score (nSPS) is 11.3. The third kappa shape index (κ3) is 2.70. The van der Waals surface area contributed by atoms with Crippen molar-refractivity contribution in [3.8, 4) is 0 Å². The minimum absolute atomic E-state index is 0.276. The first kappa shape index (κ1) is 11.5. The highest BCUT2D eigenvalue weighted by Gasteiger charge is 2.16. The molecule has 7 nitrogen and oxygen atoms in total. The van der Waals surface area contributed by atoms with Gasteiger partial charge in [-0.2, -0.15) is 0 Å². The van der Waals surface area contributed by atoms with Gasteiger partial charge in [-0.15, -0.1) is 0 Å². The highest BCUT2D eigenvalue weighted by Crippen LogP contribution is 2.13. The van der Waals surface area contributed by atoms with Gasteiger partial charge in [-0.05, 0) is 6.07 Å². The fraction of sp³-hybridized carbons (Fsp3) is 0.286. The molecule has 1 heterocycles. The zero-order chi connectivity index (χ0) is 11.5. The van der Waals surface area contributed by atoms with Gasteiger partial charge in [0, 0.05) is 6.07 Å². The molecule has 0 bridgehead atoms. The van der Waals surface area contributed by atoms with Gasteiger partial charge in [-0.3, -0.25) is 10.1 Å². The summed E-state index contributed by atoms with van der Waals surface area (Å²) in [4.78, 5) is 13.0. The van der Waals surface area contributed by atoms with Crippen molar-refractivity contribution in [1.29, 1.82) is 0 Å². The number of nitrogens with zero attached hydrogens (tertiary/aromatic N) is 2. The molecule has 0 unspecified atom stereocenters. The van der Waals surface area contributed by atoms with Gasteiger partial charge in [0.05, 0.1) is 17.3 Å². The second-order valence-electron chi connectivity index (χ2n) is 2.65. The van der Waals surface area contributed by atoms with Gasteiger partial charge in [0.1, 0.15) is 6.20 Å². The molecule has 0 amide bonds. The van der Waals surface area contributed by atoms with Gasteiger partial charge in [0.25, 0.3) is 5.69 Å². The minimum Gasteiger partial charge on any atom is -0.395 e. The molecule has 0 saturated carbocycles. The first-order valence-electron chi connectivity index (χ1n) is 3.91. The van der Waals surface area contributed by atoms with Crippen LogP contribution in [0.2, 0.25) is 0 Å². The van der Waals surface area contributed by atoms with E-state index in [0.29, 0.717) is 0 Å². The minimum atomic E-state index is -3.64. The Kier molecular flexibility index (Phi) is 3.32.